The number of fused-ring (bicyclic) bond motifs is 1. The molecule has 0 radical (unpaired) electrons. The topological polar surface area (TPSA) is 128 Å². The fourth-order valence-electron chi connectivity index (χ4n) is 5.93. The van der Waals surface area contributed by atoms with Gasteiger partial charge < -0.3 is 24.4 Å². The van der Waals surface area contributed by atoms with Crippen molar-refractivity contribution in [2.45, 2.75) is 90.8 Å². The lowest BCUT2D eigenvalue weighted by Crippen LogP contribution is -2.52. The van der Waals surface area contributed by atoms with E-state index in [2.05, 4.69) is 18.5 Å². The van der Waals surface area contributed by atoms with Crippen molar-refractivity contribution in [1.29, 1.82) is 0 Å². The maximum atomic E-state index is 14.0. The molecule has 3 rings (SSSR count). The first-order valence-electron chi connectivity index (χ1n) is 15.8. The molecule has 4 atom stereocenters. The van der Waals surface area contributed by atoms with E-state index in [1.54, 1.807) is 26.0 Å². The van der Waals surface area contributed by atoms with Crippen molar-refractivity contribution in [1.82, 2.24) is 10.2 Å². The average molecular weight is 637 g/mol. The predicted molar refractivity (Wildman–Crippen MR) is 175 cm³/mol. The summed E-state index contributed by atoms with van der Waals surface area (Å²) in [6.07, 6.45) is 6.05. The lowest BCUT2D eigenvalue weighted by Gasteiger charge is -2.28. The van der Waals surface area contributed by atoms with Crippen LogP contribution in [0.4, 0.5) is 4.79 Å². The van der Waals surface area contributed by atoms with E-state index in [0.29, 0.717) is 12.8 Å². The summed E-state index contributed by atoms with van der Waals surface area (Å²) in [5, 5.41) is 2.62. The minimum Gasteiger partial charge on any atom is -0.467 e. The fourth-order valence-corrected chi connectivity index (χ4v) is 5.93. The Morgan fingerprint density at radius 1 is 1.11 bits per heavy atom. The average Bonchev–Trinajstić information content (AvgIpc) is 3.65. The van der Waals surface area contributed by atoms with Crippen LogP contribution in [0.15, 0.2) is 49.1 Å². The molecule has 1 fully saturated rings. The zero-order valence-corrected chi connectivity index (χ0v) is 27.8. The van der Waals surface area contributed by atoms with Gasteiger partial charge in [0.15, 0.2) is 5.78 Å². The Balaban J connectivity index is 1.74. The Labute approximate surface area is 272 Å². The summed E-state index contributed by atoms with van der Waals surface area (Å²) < 4.78 is 16.3. The third-order valence-electron chi connectivity index (χ3n) is 8.42. The number of alkyl carbamates (subject to hydrolysis) is 1. The van der Waals surface area contributed by atoms with Crippen LogP contribution in [0.3, 0.4) is 0 Å². The smallest absolute Gasteiger partial charge is 0.407 e. The monoisotopic (exact) mass is 636 g/mol. The number of rotatable bonds is 15. The number of allylic oxidation sites excluding steroid dienone is 3. The summed E-state index contributed by atoms with van der Waals surface area (Å²) in [7, 11) is 1.22. The largest absolute Gasteiger partial charge is 0.467 e. The van der Waals surface area contributed by atoms with Crippen LogP contribution >= 0.6 is 0 Å². The number of hydrogen-bond donors (Lipinski definition) is 1. The van der Waals surface area contributed by atoms with Crippen LogP contribution < -0.4 is 5.32 Å². The molecule has 10 nitrogen and oxygen atoms in total. The van der Waals surface area contributed by atoms with Crippen LogP contribution in [0.25, 0.3) is 6.08 Å². The molecular weight excluding hydrogens is 588 g/mol. The normalized spacial score (nSPS) is 19.3. The fraction of sp³-hybridized carbons (Fsp3) is 0.528. The quantitative estimate of drug-likeness (QED) is 0.121. The SMILES string of the molecule is C=CCCC(C)(C)COC(=O)NC(CCC(=O)C=C(C)C)C(=O)N1CC(OC(=O)C2Cc3cccc(C=C)c3C2)CC1C(=O)OC. The Morgan fingerprint density at radius 3 is 2.50 bits per heavy atom. The van der Waals surface area contributed by atoms with Crippen LogP contribution in [0.5, 0.6) is 0 Å². The second-order valence-electron chi connectivity index (χ2n) is 13.1. The Bertz CT molecular complexity index is 1360. The molecule has 4 unspecified atom stereocenters. The second kappa shape index (κ2) is 16.4. The number of nitrogens with zero attached hydrogens (tertiary/aromatic N) is 1. The van der Waals surface area contributed by atoms with Crippen molar-refractivity contribution < 1.29 is 38.2 Å². The van der Waals surface area contributed by atoms with Gasteiger partial charge >= 0.3 is 18.0 Å². The van der Waals surface area contributed by atoms with Crippen LogP contribution in [-0.2, 0) is 46.2 Å². The summed E-state index contributed by atoms with van der Waals surface area (Å²) in [4.78, 5) is 66.7. The summed E-state index contributed by atoms with van der Waals surface area (Å²) in [6.45, 7) is 15.1. The Hall–Kier alpha value is -4.21. The van der Waals surface area contributed by atoms with Gasteiger partial charge in [0.2, 0.25) is 5.91 Å². The number of hydrogen-bond acceptors (Lipinski definition) is 8. The Morgan fingerprint density at radius 2 is 1.85 bits per heavy atom. The molecule has 0 spiro atoms. The van der Waals surface area contributed by atoms with Crippen LogP contribution in [0, 0.1) is 11.3 Å². The molecule has 1 N–H and O–H groups in total. The molecule has 0 saturated carbocycles. The standard InChI is InChI=1S/C36H48N2O8/c1-8-10-16-36(5,6)22-45-35(43)37-30(15-14-27(39)17-23(3)4)32(40)38-21-28(20-31(38)34(42)44-7)46-33(41)26-18-25-13-11-12-24(9-2)29(25)19-26/h8-9,11-13,17,26,28,30-31H,1-2,10,14-16,18-22H2,3-7H3,(H,37,43). The van der Waals surface area contributed by atoms with Gasteiger partial charge in [0.1, 0.15) is 18.2 Å². The van der Waals surface area contributed by atoms with Gasteiger partial charge in [-0.2, -0.15) is 0 Å². The van der Waals surface area contributed by atoms with Crippen molar-refractivity contribution in [3.05, 3.63) is 65.8 Å². The van der Waals surface area contributed by atoms with Gasteiger partial charge in [-0.25, -0.2) is 9.59 Å². The zero-order chi connectivity index (χ0) is 34.0. The maximum Gasteiger partial charge on any atom is 0.407 e. The molecule has 1 aromatic rings. The highest BCUT2D eigenvalue weighted by molar-refractivity contribution is 5.93. The van der Waals surface area contributed by atoms with Crippen molar-refractivity contribution in [3.8, 4) is 0 Å². The van der Waals surface area contributed by atoms with E-state index in [0.717, 1.165) is 35.1 Å². The highest BCUT2D eigenvalue weighted by Crippen LogP contribution is 2.32. The van der Waals surface area contributed by atoms with E-state index >= 15 is 0 Å². The number of ketones is 1. The van der Waals surface area contributed by atoms with Gasteiger partial charge in [0, 0.05) is 12.8 Å². The molecular formula is C36H48N2O8. The van der Waals surface area contributed by atoms with Crippen LogP contribution in [-0.4, -0.2) is 73.1 Å². The van der Waals surface area contributed by atoms with Gasteiger partial charge in [0.05, 0.1) is 26.2 Å². The molecule has 1 aromatic carbocycles. The molecule has 2 amide bonds. The minimum absolute atomic E-state index is 0.0166. The van der Waals surface area contributed by atoms with E-state index in [1.165, 1.54) is 18.1 Å². The van der Waals surface area contributed by atoms with Crippen LogP contribution in [0.1, 0.15) is 76.5 Å². The summed E-state index contributed by atoms with van der Waals surface area (Å²) in [5.74, 6) is -2.25. The number of ether oxygens (including phenoxy) is 3. The van der Waals surface area contributed by atoms with E-state index in [4.69, 9.17) is 14.2 Å². The predicted octanol–water partition coefficient (Wildman–Crippen LogP) is 5.13. The van der Waals surface area contributed by atoms with Gasteiger partial charge in [-0.1, -0.05) is 56.4 Å². The molecule has 1 aliphatic carbocycles. The first kappa shape index (κ1) is 36.3. The van der Waals surface area contributed by atoms with Crippen molar-refractivity contribution >= 4 is 35.8 Å². The highest BCUT2D eigenvalue weighted by Gasteiger charge is 2.45. The van der Waals surface area contributed by atoms with E-state index in [1.807, 2.05) is 32.0 Å². The number of amides is 2. The molecule has 250 valence electrons. The summed E-state index contributed by atoms with van der Waals surface area (Å²) in [6, 6.07) is 3.68. The molecule has 1 heterocycles. The number of likely N-dealkylation sites (tertiary alicyclic amines) is 1. The molecule has 46 heavy (non-hydrogen) atoms. The van der Waals surface area contributed by atoms with Gasteiger partial charge in [-0.3, -0.25) is 14.4 Å². The number of carbonyl (C=O) groups is 5. The molecule has 1 aliphatic heterocycles. The number of benzene rings is 1. The van der Waals surface area contributed by atoms with Gasteiger partial charge in [0.25, 0.3) is 0 Å². The van der Waals surface area contributed by atoms with Crippen LogP contribution in [0.2, 0.25) is 0 Å². The van der Waals surface area contributed by atoms with Crippen molar-refractivity contribution in [3.63, 3.8) is 0 Å². The molecule has 0 bridgehead atoms. The third-order valence-corrected chi connectivity index (χ3v) is 8.42. The first-order chi connectivity index (χ1) is 21.8. The van der Waals surface area contributed by atoms with Gasteiger partial charge in [-0.15, -0.1) is 6.58 Å². The second-order valence-corrected chi connectivity index (χ2v) is 13.1. The van der Waals surface area contributed by atoms with E-state index in [9.17, 15) is 24.0 Å². The van der Waals surface area contributed by atoms with Crippen molar-refractivity contribution in [2.75, 3.05) is 20.3 Å². The summed E-state index contributed by atoms with van der Waals surface area (Å²) >= 11 is 0. The first-order valence-corrected chi connectivity index (χ1v) is 15.8. The lowest BCUT2D eigenvalue weighted by atomic mass is 9.89. The van der Waals surface area contributed by atoms with E-state index in [-0.39, 0.29) is 43.6 Å². The number of esters is 2. The summed E-state index contributed by atoms with van der Waals surface area (Å²) in [5.41, 5.74) is 3.62. The number of nitrogens with one attached hydrogen (secondary N) is 1. The molecule has 10 heteroatoms. The zero-order valence-electron chi connectivity index (χ0n) is 27.8. The van der Waals surface area contributed by atoms with Crippen molar-refractivity contribution in [2.24, 2.45) is 11.3 Å². The van der Waals surface area contributed by atoms with E-state index < -0.39 is 48.0 Å². The van der Waals surface area contributed by atoms with Gasteiger partial charge in [-0.05, 0) is 74.1 Å². The number of methoxy groups -OCH3 is 1. The molecule has 2 aliphatic rings. The highest BCUT2D eigenvalue weighted by atomic mass is 16.6. The minimum atomic E-state index is -1.17. The number of carbonyl (C=O) groups excluding carboxylic acids is 5. The maximum absolute atomic E-state index is 14.0. The lowest BCUT2D eigenvalue weighted by molar-refractivity contribution is -0.153. The Kier molecular flexibility index (Phi) is 12.9. The molecule has 1 saturated heterocycles. The third kappa shape index (κ3) is 9.89. The molecule has 0 aromatic heterocycles.